The monoisotopic (exact) mass is 346 g/mol. The van der Waals surface area contributed by atoms with Crippen LogP contribution < -0.4 is 5.32 Å². The summed E-state index contributed by atoms with van der Waals surface area (Å²) >= 11 is 0. The first kappa shape index (κ1) is 17.9. The van der Waals surface area contributed by atoms with E-state index >= 15 is 0 Å². The highest BCUT2D eigenvalue weighted by Gasteiger charge is 2.29. The van der Waals surface area contributed by atoms with Crippen molar-refractivity contribution in [2.45, 2.75) is 38.9 Å². The van der Waals surface area contributed by atoms with Gasteiger partial charge in [-0.05, 0) is 38.8 Å². The van der Waals surface area contributed by atoms with Gasteiger partial charge in [0.05, 0.1) is 23.5 Å². The summed E-state index contributed by atoms with van der Waals surface area (Å²) in [6.07, 6.45) is 1.47. The Balaban J connectivity index is 1.73. The lowest BCUT2D eigenvalue weighted by Gasteiger charge is -2.35. The van der Waals surface area contributed by atoms with Crippen molar-refractivity contribution < 1.29 is 19.1 Å². The van der Waals surface area contributed by atoms with Crippen LogP contribution in [0.15, 0.2) is 24.3 Å². The number of benzene rings is 1. The minimum absolute atomic E-state index is 0.0108. The molecule has 0 radical (unpaired) electrons. The molecule has 0 unspecified atom stereocenters. The molecule has 2 saturated heterocycles. The number of morpholine rings is 1. The molecule has 0 aliphatic carbocycles. The second-order valence-corrected chi connectivity index (χ2v) is 6.89. The zero-order valence-corrected chi connectivity index (χ0v) is 14.9. The molecule has 0 aromatic heterocycles. The minimum Gasteiger partial charge on any atom is -0.381 e. The maximum Gasteiger partial charge on any atom is 0.256 e. The largest absolute Gasteiger partial charge is 0.381 e. The fraction of sp³-hybridized carbons (Fsp3) is 0.579. The van der Waals surface area contributed by atoms with E-state index in [0.717, 1.165) is 12.8 Å². The van der Waals surface area contributed by atoms with E-state index in [0.29, 0.717) is 37.6 Å². The van der Waals surface area contributed by atoms with E-state index in [1.54, 1.807) is 17.0 Å². The van der Waals surface area contributed by atoms with Gasteiger partial charge in [0.25, 0.3) is 5.91 Å². The lowest BCUT2D eigenvalue weighted by molar-refractivity contribution is -0.122. The Kier molecular flexibility index (Phi) is 5.71. The molecule has 0 saturated carbocycles. The van der Waals surface area contributed by atoms with Gasteiger partial charge in [0.2, 0.25) is 5.91 Å². The highest BCUT2D eigenvalue weighted by Crippen LogP contribution is 2.23. The Hall–Kier alpha value is -1.92. The van der Waals surface area contributed by atoms with E-state index in [1.807, 2.05) is 26.0 Å². The zero-order valence-electron chi connectivity index (χ0n) is 14.9. The van der Waals surface area contributed by atoms with Crippen molar-refractivity contribution in [2.75, 3.05) is 31.6 Å². The zero-order chi connectivity index (χ0) is 17.8. The van der Waals surface area contributed by atoms with Crippen LogP contribution in [-0.4, -0.2) is 55.2 Å². The number of carbonyl (C=O) groups is 2. The van der Waals surface area contributed by atoms with Crippen molar-refractivity contribution >= 4 is 17.5 Å². The molecule has 136 valence electrons. The first-order chi connectivity index (χ1) is 12.0. The molecule has 1 aromatic carbocycles. The molecular weight excluding hydrogens is 320 g/mol. The van der Waals surface area contributed by atoms with E-state index in [9.17, 15) is 9.59 Å². The number of rotatable bonds is 3. The summed E-state index contributed by atoms with van der Waals surface area (Å²) in [6.45, 7) is 6.28. The Morgan fingerprint density at radius 2 is 1.72 bits per heavy atom. The number of para-hydroxylation sites is 1. The summed E-state index contributed by atoms with van der Waals surface area (Å²) in [5.74, 6) is -0.155. The molecule has 2 atom stereocenters. The van der Waals surface area contributed by atoms with Gasteiger partial charge in [-0.1, -0.05) is 12.1 Å². The third-order valence-electron chi connectivity index (χ3n) is 4.71. The minimum atomic E-state index is -0.0649. The summed E-state index contributed by atoms with van der Waals surface area (Å²) in [5, 5.41) is 2.95. The van der Waals surface area contributed by atoms with Crippen LogP contribution in [0.5, 0.6) is 0 Å². The van der Waals surface area contributed by atoms with Crippen molar-refractivity contribution in [3.05, 3.63) is 29.8 Å². The van der Waals surface area contributed by atoms with E-state index in [2.05, 4.69) is 5.32 Å². The number of carbonyl (C=O) groups excluding carboxylic acids is 2. The van der Waals surface area contributed by atoms with Crippen LogP contribution in [-0.2, 0) is 14.3 Å². The number of ether oxygens (including phenoxy) is 2. The van der Waals surface area contributed by atoms with Gasteiger partial charge in [-0.15, -0.1) is 0 Å². The van der Waals surface area contributed by atoms with Crippen molar-refractivity contribution in [1.82, 2.24) is 4.90 Å². The molecule has 2 aliphatic rings. The van der Waals surface area contributed by atoms with Gasteiger partial charge in [0, 0.05) is 32.2 Å². The highest BCUT2D eigenvalue weighted by molar-refractivity contribution is 6.04. The molecular formula is C19H26N2O4. The Morgan fingerprint density at radius 3 is 2.40 bits per heavy atom. The van der Waals surface area contributed by atoms with Crippen LogP contribution in [0.25, 0.3) is 0 Å². The van der Waals surface area contributed by atoms with Gasteiger partial charge in [0.15, 0.2) is 0 Å². The summed E-state index contributed by atoms with van der Waals surface area (Å²) in [6, 6.07) is 7.22. The number of hydrogen-bond donors (Lipinski definition) is 1. The van der Waals surface area contributed by atoms with Crippen LogP contribution in [0.1, 0.15) is 37.0 Å². The number of nitrogens with zero attached hydrogens (tertiary/aromatic N) is 1. The van der Waals surface area contributed by atoms with E-state index in [-0.39, 0.29) is 29.9 Å². The Labute approximate surface area is 148 Å². The summed E-state index contributed by atoms with van der Waals surface area (Å²) in [5.41, 5.74) is 1.11. The standard InChI is InChI=1S/C19H26N2O4/c1-13-11-21(12-14(2)25-13)19(23)16-5-3-4-6-17(16)20-18(22)15-7-9-24-10-8-15/h3-6,13-15H,7-12H2,1-2H3,(H,20,22)/t13-,14+. The SMILES string of the molecule is C[C@@H]1CN(C(=O)c2ccccc2NC(=O)C2CCOCC2)C[C@H](C)O1. The molecule has 6 heteroatoms. The summed E-state index contributed by atoms with van der Waals surface area (Å²) < 4.78 is 11.0. The number of hydrogen-bond acceptors (Lipinski definition) is 4. The van der Waals surface area contributed by atoms with Crippen LogP contribution in [0.3, 0.4) is 0 Å². The van der Waals surface area contributed by atoms with Crippen LogP contribution in [0.2, 0.25) is 0 Å². The van der Waals surface area contributed by atoms with Crippen molar-refractivity contribution in [2.24, 2.45) is 5.92 Å². The normalized spacial score (nSPS) is 24.8. The molecule has 2 amide bonds. The maximum absolute atomic E-state index is 13.0. The smallest absolute Gasteiger partial charge is 0.256 e. The van der Waals surface area contributed by atoms with Gasteiger partial charge >= 0.3 is 0 Å². The molecule has 1 N–H and O–H groups in total. The molecule has 6 nitrogen and oxygen atoms in total. The second kappa shape index (κ2) is 7.97. The van der Waals surface area contributed by atoms with Crippen LogP contribution in [0.4, 0.5) is 5.69 Å². The Bertz CT molecular complexity index is 618. The van der Waals surface area contributed by atoms with Gasteiger partial charge in [-0.25, -0.2) is 0 Å². The van der Waals surface area contributed by atoms with Crippen molar-refractivity contribution in [1.29, 1.82) is 0 Å². The van der Waals surface area contributed by atoms with Gasteiger partial charge in [0.1, 0.15) is 0 Å². The maximum atomic E-state index is 13.0. The lowest BCUT2D eigenvalue weighted by Crippen LogP contribution is -2.48. The van der Waals surface area contributed by atoms with Crippen LogP contribution in [0, 0.1) is 5.92 Å². The lowest BCUT2D eigenvalue weighted by atomic mass is 9.99. The van der Waals surface area contributed by atoms with E-state index < -0.39 is 0 Å². The average molecular weight is 346 g/mol. The van der Waals surface area contributed by atoms with Crippen molar-refractivity contribution in [3.8, 4) is 0 Å². The molecule has 1 aromatic rings. The average Bonchev–Trinajstić information content (AvgIpc) is 2.61. The van der Waals surface area contributed by atoms with E-state index in [1.165, 1.54) is 0 Å². The molecule has 0 spiro atoms. The van der Waals surface area contributed by atoms with E-state index in [4.69, 9.17) is 9.47 Å². The quantitative estimate of drug-likeness (QED) is 0.912. The third kappa shape index (κ3) is 4.38. The topological polar surface area (TPSA) is 67.9 Å². The predicted octanol–water partition coefficient (Wildman–Crippen LogP) is 2.30. The molecule has 3 rings (SSSR count). The summed E-state index contributed by atoms with van der Waals surface area (Å²) in [7, 11) is 0. The molecule has 25 heavy (non-hydrogen) atoms. The Morgan fingerprint density at radius 1 is 1.08 bits per heavy atom. The predicted molar refractivity (Wildman–Crippen MR) is 94.5 cm³/mol. The highest BCUT2D eigenvalue weighted by atomic mass is 16.5. The first-order valence-electron chi connectivity index (χ1n) is 8.97. The van der Waals surface area contributed by atoms with Crippen LogP contribution >= 0.6 is 0 Å². The first-order valence-corrected chi connectivity index (χ1v) is 8.97. The van der Waals surface area contributed by atoms with Gasteiger partial charge in [-0.2, -0.15) is 0 Å². The second-order valence-electron chi connectivity index (χ2n) is 6.89. The molecule has 2 aliphatic heterocycles. The number of nitrogens with one attached hydrogen (secondary N) is 1. The summed E-state index contributed by atoms with van der Waals surface area (Å²) in [4.78, 5) is 27.3. The number of anilines is 1. The van der Waals surface area contributed by atoms with Gasteiger partial charge in [-0.3, -0.25) is 9.59 Å². The fourth-order valence-electron chi connectivity index (χ4n) is 3.49. The molecule has 2 fully saturated rings. The third-order valence-corrected chi connectivity index (χ3v) is 4.71. The fourth-order valence-corrected chi connectivity index (χ4v) is 3.49. The van der Waals surface area contributed by atoms with Gasteiger partial charge < -0.3 is 19.7 Å². The van der Waals surface area contributed by atoms with Crippen molar-refractivity contribution in [3.63, 3.8) is 0 Å². The molecule has 0 bridgehead atoms. The molecule has 2 heterocycles. The number of amides is 2.